The van der Waals surface area contributed by atoms with Crippen molar-refractivity contribution >= 4 is 11.6 Å². The van der Waals surface area contributed by atoms with Gasteiger partial charge in [0, 0.05) is 24.0 Å². The Labute approximate surface area is 118 Å². The Bertz CT molecular complexity index is 534. The highest BCUT2D eigenvalue weighted by atomic mass is 35.5. The third-order valence-electron chi connectivity index (χ3n) is 3.27. The molecule has 2 aromatic rings. The fourth-order valence-electron chi connectivity index (χ4n) is 2.29. The summed E-state index contributed by atoms with van der Waals surface area (Å²) in [5, 5.41) is 4.44. The molecule has 102 valence electrons. The molecule has 0 aliphatic heterocycles. The number of alkyl halides is 1. The fourth-order valence-corrected chi connectivity index (χ4v) is 2.57. The number of benzene rings is 1. The van der Waals surface area contributed by atoms with Crippen LogP contribution in [0, 0.1) is 12.7 Å². The molecule has 2 nitrogen and oxygen atoms in total. The first kappa shape index (κ1) is 14.1. The van der Waals surface area contributed by atoms with Gasteiger partial charge in [0.05, 0.1) is 5.69 Å². The lowest BCUT2D eigenvalue weighted by atomic mass is 9.96. The minimum Gasteiger partial charge on any atom is -0.270 e. The number of aryl methyl sites for hydroxylation is 2. The van der Waals surface area contributed by atoms with Crippen LogP contribution in [0.1, 0.15) is 29.8 Å². The van der Waals surface area contributed by atoms with E-state index in [-0.39, 0.29) is 11.7 Å². The number of aromatic nitrogens is 2. The van der Waals surface area contributed by atoms with E-state index < -0.39 is 0 Å². The normalized spacial score (nSPS) is 12.6. The summed E-state index contributed by atoms with van der Waals surface area (Å²) < 4.78 is 15.0. The quantitative estimate of drug-likeness (QED) is 0.759. The Hall–Kier alpha value is -1.35. The minimum absolute atomic E-state index is 0.184. The lowest BCUT2D eigenvalue weighted by Crippen LogP contribution is -2.10. The largest absolute Gasteiger partial charge is 0.270 e. The van der Waals surface area contributed by atoms with Gasteiger partial charge >= 0.3 is 0 Å². The van der Waals surface area contributed by atoms with Crippen molar-refractivity contribution in [3.05, 3.63) is 53.1 Å². The van der Waals surface area contributed by atoms with Gasteiger partial charge in [-0.15, -0.1) is 11.6 Å². The number of hydrogen-bond donors (Lipinski definition) is 0. The standard InChI is InChI=1S/C15H18ClFN2/c1-3-19-15(8-11(2)18-19)9-13(10-16)12-4-6-14(17)7-5-12/h4-8,13H,3,9-10H2,1-2H3. The molecule has 0 bridgehead atoms. The second-order valence-corrected chi connectivity index (χ2v) is 5.01. The highest BCUT2D eigenvalue weighted by Gasteiger charge is 2.14. The van der Waals surface area contributed by atoms with Crippen LogP contribution in [0.15, 0.2) is 30.3 Å². The Morgan fingerprint density at radius 1 is 1.32 bits per heavy atom. The molecule has 0 aliphatic rings. The summed E-state index contributed by atoms with van der Waals surface area (Å²) in [6.45, 7) is 4.91. The van der Waals surface area contributed by atoms with Crippen LogP contribution in [0.25, 0.3) is 0 Å². The molecule has 2 rings (SSSR count). The SMILES string of the molecule is CCn1nc(C)cc1CC(CCl)c1ccc(F)cc1. The van der Waals surface area contributed by atoms with Gasteiger partial charge in [0.2, 0.25) is 0 Å². The molecule has 0 saturated heterocycles. The van der Waals surface area contributed by atoms with Gasteiger partial charge in [-0.3, -0.25) is 4.68 Å². The first-order chi connectivity index (χ1) is 9.13. The molecule has 1 aromatic carbocycles. The molecule has 4 heteroatoms. The van der Waals surface area contributed by atoms with Gasteiger partial charge in [-0.25, -0.2) is 4.39 Å². The number of hydrogen-bond acceptors (Lipinski definition) is 1. The molecular formula is C15H18ClFN2. The van der Waals surface area contributed by atoms with E-state index in [1.807, 2.05) is 23.7 Å². The van der Waals surface area contributed by atoms with Gasteiger partial charge in [0.15, 0.2) is 0 Å². The molecule has 19 heavy (non-hydrogen) atoms. The molecule has 1 aromatic heterocycles. The topological polar surface area (TPSA) is 17.8 Å². The van der Waals surface area contributed by atoms with Gasteiger partial charge in [-0.2, -0.15) is 5.10 Å². The van der Waals surface area contributed by atoms with Crippen molar-refractivity contribution in [3.63, 3.8) is 0 Å². The summed E-state index contributed by atoms with van der Waals surface area (Å²) >= 11 is 6.07. The molecule has 0 amide bonds. The average molecular weight is 281 g/mol. The summed E-state index contributed by atoms with van der Waals surface area (Å²) in [7, 11) is 0. The summed E-state index contributed by atoms with van der Waals surface area (Å²) in [6.07, 6.45) is 0.823. The van der Waals surface area contributed by atoms with E-state index in [0.717, 1.165) is 24.2 Å². The monoisotopic (exact) mass is 280 g/mol. The molecule has 1 atom stereocenters. The summed E-state index contributed by atoms with van der Waals surface area (Å²) in [5.41, 5.74) is 3.26. The molecular weight excluding hydrogens is 263 g/mol. The third-order valence-corrected chi connectivity index (χ3v) is 3.64. The van der Waals surface area contributed by atoms with E-state index in [9.17, 15) is 4.39 Å². The van der Waals surface area contributed by atoms with Crippen LogP contribution >= 0.6 is 11.6 Å². The second kappa shape index (κ2) is 6.20. The van der Waals surface area contributed by atoms with Crippen LogP contribution in [0.2, 0.25) is 0 Å². The zero-order valence-electron chi connectivity index (χ0n) is 11.2. The first-order valence-corrected chi connectivity index (χ1v) is 7.02. The van der Waals surface area contributed by atoms with E-state index in [1.165, 1.54) is 17.8 Å². The van der Waals surface area contributed by atoms with Gasteiger partial charge < -0.3 is 0 Å². The highest BCUT2D eigenvalue weighted by molar-refractivity contribution is 6.18. The zero-order chi connectivity index (χ0) is 13.8. The molecule has 0 fully saturated rings. The smallest absolute Gasteiger partial charge is 0.123 e. The van der Waals surface area contributed by atoms with Crippen molar-refractivity contribution in [3.8, 4) is 0 Å². The van der Waals surface area contributed by atoms with Gasteiger partial charge in [-0.1, -0.05) is 12.1 Å². The Morgan fingerprint density at radius 2 is 2.00 bits per heavy atom. The Balaban J connectivity index is 2.21. The number of halogens is 2. The summed E-state index contributed by atoms with van der Waals surface area (Å²) in [6, 6.07) is 8.67. The van der Waals surface area contributed by atoms with Crippen LogP contribution in [-0.4, -0.2) is 15.7 Å². The van der Waals surface area contributed by atoms with Crippen LogP contribution in [0.5, 0.6) is 0 Å². The van der Waals surface area contributed by atoms with Crippen LogP contribution in [-0.2, 0) is 13.0 Å². The number of rotatable bonds is 5. The van der Waals surface area contributed by atoms with Crippen LogP contribution < -0.4 is 0 Å². The molecule has 0 saturated carbocycles. The zero-order valence-corrected chi connectivity index (χ0v) is 12.0. The van der Waals surface area contributed by atoms with E-state index in [1.54, 1.807) is 0 Å². The lowest BCUT2D eigenvalue weighted by molar-refractivity contribution is 0.594. The summed E-state index contributed by atoms with van der Waals surface area (Å²) in [5.74, 6) is 0.481. The molecule has 0 aliphatic carbocycles. The van der Waals surface area contributed by atoms with Crippen molar-refractivity contribution in [1.29, 1.82) is 0 Å². The van der Waals surface area contributed by atoms with Crippen molar-refractivity contribution in [2.45, 2.75) is 32.7 Å². The Kier molecular flexibility index (Phi) is 4.59. The van der Waals surface area contributed by atoms with E-state index in [4.69, 9.17) is 11.6 Å². The maximum Gasteiger partial charge on any atom is 0.123 e. The van der Waals surface area contributed by atoms with Crippen molar-refractivity contribution in [1.82, 2.24) is 9.78 Å². The van der Waals surface area contributed by atoms with Gasteiger partial charge in [-0.05, 0) is 44.0 Å². The number of nitrogens with zero attached hydrogens (tertiary/aromatic N) is 2. The third kappa shape index (κ3) is 3.35. The maximum atomic E-state index is 13.0. The molecule has 0 radical (unpaired) electrons. The fraction of sp³-hybridized carbons (Fsp3) is 0.400. The van der Waals surface area contributed by atoms with Crippen LogP contribution in [0.4, 0.5) is 4.39 Å². The van der Waals surface area contributed by atoms with Crippen molar-refractivity contribution in [2.24, 2.45) is 0 Å². The average Bonchev–Trinajstić information content (AvgIpc) is 2.77. The van der Waals surface area contributed by atoms with E-state index >= 15 is 0 Å². The molecule has 0 N–H and O–H groups in total. The molecule has 1 unspecified atom stereocenters. The second-order valence-electron chi connectivity index (χ2n) is 4.70. The van der Waals surface area contributed by atoms with Crippen molar-refractivity contribution in [2.75, 3.05) is 5.88 Å². The van der Waals surface area contributed by atoms with E-state index in [0.29, 0.717) is 5.88 Å². The van der Waals surface area contributed by atoms with Gasteiger partial charge in [0.1, 0.15) is 5.82 Å². The first-order valence-electron chi connectivity index (χ1n) is 6.48. The minimum atomic E-state index is -0.216. The lowest BCUT2D eigenvalue weighted by Gasteiger charge is -2.15. The predicted octanol–water partition coefficient (Wildman–Crippen LogP) is 3.92. The predicted molar refractivity (Wildman–Crippen MR) is 76.2 cm³/mol. The van der Waals surface area contributed by atoms with Crippen LogP contribution in [0.3, 0.4) is 0 Å². The molecule has 0 spiro atoms. The van der Waals surface area contributed by atoms with Gasteiger partial charge in [0.25, 0.3) is 0 Å². The maximum absolute atomic E-state index is 13.0. The summed E-state index contributed by atoms with van der Waals surface area (Å²) in [4.78, 5) is 0. The highest BCUT2D eigenvalue weighted by Crippen LogP contribution is 2.23. The Morgan fingerprint density at radius 3 is 2.58 bits per heavy atom. The molecule has 1 heterocycles. The van der Waals surface area contributed by atoms with E-state index in [2.05, 4.69) is 18.1 Å². The van der Waals surface area contributed by atoms with Crippen molar-refractivity contribution < 1.29 is 4.39 Å².